The molecule has 2 heterocycles. The summed E-state index contributed by atoms with van der Waals surface area (Å²) in [6, 6.07) is 16.5. The number of hydrogen-bond donors (Lipinski definition) is 0. The van der Waals surface area contributed by atoms with Crippen molar-refractivity contribution in [2.45, 2.75) is 6.92 Å². The van der Waals surface area contributed by atoms with E-state index >= 15 is 0 Å². The van der Waals surface area contributed by atoms with Crippen LogP contribution in [0.1, 0.15) is 36.0 Å². The first-order valence-corrected chi connectivity index (χ1v) is 9.71. The van der Waals surface area contributed by atoms with Crippen LogP contribution in [-0.2, 0) is 4.74 Å². The Morgan fingerprint density at radius 3 is 2.21 bits per heavy atom. The fraction of sp³-hybridized carbons (Fsp3) is 0.136. The summed E-state index contributed by atoms with van der Waals surface area (Å²) < 4.78 is 5.36. The first-order valence-electron chi connectivity index (χ1n) is 8.83. The molecule has 28 heavy (non-hydrogen) atoms. The molecular formula is C22H17NO4S. The molecule has 0 radical (unpaired) electrons. The maximum atomic E-state index is 12.5. The van der Waals surface area contributed by atoms with E-state index in [-0.39, 0.29) is 25.0 Å². The van der Waals surface area contributed by atoms with Gasteiger partial charge in [-0.2, -0.15) is 0 Å². The summed E-state index contributed by atoms with van der Waals surface area (Å²) in [6.07, 6.45) is 0. The van der Waals surface area contributed by atoms with E-state index < -0.39 is 5.97 Å². The number of fused-ring (bicyclic) bond motifs is 1. The number of amides is 2. The molecular weight excluding hydrogens is 374 g/mol. The molecule has 140 valence electrons. The van der Waals surface area contributed by atoms with E-state index in [0.717, 1.165) is 21.6 Å². The molecule has 1 aliphatic rings. The summed E-state index contributed by atoms with van der Waals surface area (Å²) in [5.74, 6) is -1.16. The molecule has 2 amide bonds. The Morgan fingerprint density at radius 1 is 0.929 bits per heavy atom. The van der Waals surface area contributed by atoms with Gasteiger partial charge in [-0.15, -0.1) is 11.3 Å². The van der Waals surface area contributed by atoms with E-state index in [1.807, 2.05) is 42.6 Å². The molecule has 4 rings (SSSR count). The standard InChI is InChI=1S/C22H17NO4S/c1-14-6-8-15(9-7-14)16-10-13-28-19(16)22(26)27-12-11-23-20(24)17-4-2-3-5-18(17)21(23)25/h2-10,13H,11-12H2,1H3. The fourth-order valence-electron chi connectivity index (χ4n) is 3.17. The highest BCUT2D eigenvalue weighted by atomic mass is 32.1. The summed E-state index contributed by atoms with van der Waals surface area (Å²) in [7, 11) is 0. The molecule has 0 N–H and O–H groups in total. The molecule has 0 fully saturated rings. The highest BCUT2D eigenvalue weighted by Gasteiger charge is 2.34. The maximum Gasteiger partial charge on any atom is 0.349 e. The van der Waals surface area contributed by atoms with Crippen molar-refractivity contribution >= 4 is 29.1 Å². The van der Waals surface area contributed by atoms with Gasteiger partial charge in [-0.25, -0.2) is 4.79 Å². The number of carbonyl (C=O) groups is 3. The molecule has 0 spiro atoms. The van der Waals surface area contributed by atoms with Crippen LogP contribution in [-0.4, -0.2) is 35.8 Å². The number of hydrogen-bond acceptors (Lipinski definition) is 5. The minimum atomic E-state index is -0.456. The van der Waals surface area contributed by atoms with Gasteiger partial charge in [0.2, 0.25) is 0 Å². The number of nitrogens with zero attached hydrogens (tertiary/aromatic N) is 1. The van der Waals surface area contributed by atoms with Crippen LogP contribution in [0.2, 0.25) is 0 Å². The van der Waals surface area contributed by atoms with Crippen LogP contribution >= 0.6 is 11.3 Å². The van der Waals surface area contributed by atoms with Crippen LogP contribution in [0.15, 0.2) is 60.0 Å². The van der Waals surface area contributed by atoms with Crippen molar-refractivity contribution in [3.63, 3.8) is 0 Å². The Labute approximate surface area is 166 Å². The van der Waals surface area contributed by atoms with Crippen molar-refractivity contribution in [3.8, 4) is 11.1 Å². The lowest BCUT2D eigenvalue weighted by molar-refractivity contribution is 0.0425. The van der Waals surface area contributed by atoms with E-state index in [4.69, 9.17) is 4.74 Å². The Balaban J connectivity index is 1.41. The number of carbonyl (C=O) groups excluding carboxylic acids is 3. The van der Waals surface area contributed by atoms with Gasteiger partial charge in [0.15, 0.2) is 0 Å². The summed E-state index contributed by atoms with van der Waals surface area (Å²) in [4.78, 5) is 38.8. The monoisotopic (exact) mass is 391 g/mol. The van der Waals surface area contributed by atoms with Crippen molar-refractivity contribution in [3.05, 3.63) is 81.5 Å². The van der Waals surface area contributed by atoms with Gasteiger partial charge in [-0.3, -0.25) is 14.5 Å². The smallest absolute Gasteiger partial charge is 0.349 e. The predicted octanol–water partition coefficient (Wildman–Crippen LogP) is 4.18. The molecule has 0 aliphatic carbocycles. The van der Waals surface area contributed by atoms with Crippen molar-refractivity contribution < 1.29 is 19.1 Å². The number of ether oxygens (including phenoxy) is 1. The van der Waals surface area contributed by atoms with E-state index in [1.54, 1.807) is 24.3 Å². The summed E-state index contributed by atoms with van der Waals surface area (Å²) in [6.45, 7) is 1.99. The number of benzene rings is 2. The number of imide groups is 1. The Kier molecular flexibility index (Phi) is 4.79. The van der Waals surface area contributed by atoms with Gasteiger partial charge in [0.1, 0.15) is 11.5 Å². The lowest BCUT2D eigenvalue weighted by Crippen LogP contribution is -2.33. The minimum Gasteiger partial charge on any atom is -0.460 e. The third kappa shape index (κ3) is 3.23. The fourth-order valence-corrected chi connectivity index (χ4v) is 3.97. The SMILES string of the molecule is Cc1ccc(-c2ccsc2C(=O)OCCN2C(=O)c3ccccc3C2=O)cc1. The zero-order chi connectivity index (χ0) is 19.7. The highest BCUT2D eigenvalue weighted by Crippen LogP contribution is 2.29. The quantitative estimate of drug-likeness (QED) is 0.484. The number of aryl methyl sites for hydroxylation is 1. The predicted molar refractivity (Wildman–Crippen MR) is 107 cm³/mol. The second-order valence-corrected chi connectivity index (χ2v) is 7.39. The summed E-state index contributed by atoms with van der Waals surface area (Å²) in [5.41, 5.74) is 3.68. The van der Waals surface area contributed by atoms with Crippen molar-refractivity contribution in [1.82, 2.24) is 4.90 Å². The Bertz CT molecular complexity index is 1030. The third-order valence-electron chi connectivity index (χ3n) is 4.64. The van der Waals surface area contributed by atoms with E-state index in [1.165, 1.54) is 11.3 Å². The van der Waals surface area contributed by atoms with Gasteiger partial charge in [-0.1, -0.05) is 42.0 Å². The first kappa shape index (κ1) is 18.1. The van der Waals surface area contributed by atoms with Crippen LogP contribution in [0.4, 0.5) is 0 Å². The molecule has 1 aromatic heterocycles. The second-order valence-electron chi connectivity index (χ2n) is 6.47. The average Bonchev–Trinajstić information content (AvgIpc) is 3.28. The largest absolute Gasteiger partial charge is 0.460 e. The molecule has 0 bridgehead atoms. The maximum absolute atomic E-state index is 12.5. The summed E-state index contributed by atoms with van der Waals surface area (Å²) >= 11 is 1.31. The molecule has 0 saturated carbocycles. The Hall–Kier alpha value is -3.25. The van der Waals surface area contributed by atoms with Crippen LogP contribution in [0, 0.1) is 6.92 Å². The van der Waals surface area contributed by atoms with Crippen LogP contribution in [0.3, 0.4) is 0 Å². The van der Waals surface area contributed by atoms with Crippen LogP contribution in [0.5, 0.6) is 0 Å². The lowest BCUT2D eigenvalue weighted by Gasteiger charge is -2.13. The molecule has 0 saturated heterocycles. The molecule has 3 aromatic rings. The summed E-state index contributed by atoms with van der Waals surface area (Å²) in [5, 5.41) is 1.84. The average molecular weight is 391 g/mol. The number of rotatable bonds is 5. The van der Waals surface area contributed by atoms with Gasteiger partial charge in [0.25, 0.3) is 11.8 Å². The molecule has 2 aromatic carbocycles. The molecule has 6 heteroatoms. The molecule has 5 nitrogen and oxygen atoms in total. The van der Waals surface area contributed by atoms with Gasteiger partial charge < -0.3 is 4.74 Å². The van der Waals surface area contributed by atoms with Crippen molar-refractivity contribution in [2.75, 3.05) is 13.2 Å². The van der Waals surface area contributed by atoms with Crippen molar-refractivity contribution in [2.24, 2.45) is 0 Å². The zero-order valence-corrected chi connectivity index (χ0v) is 16.0. The van der Waals surface area contributed by atoms with Gasteiger partial charge >= 0.3 is 5.97 Å². The topological polar surface area (TPSA) is 63.7 Å². The number of esters is 1. The highest BCUT2D eigenvalue weighted by molar-refractivity contribution is 7.12. The number of thiophene rings is 1. The van der Waals surface area contributed by atoms with Gasteiger partial charge in [0.05, 0.1) is 17.7 Å². The van der Waals surface area contributed by atoms with Crippen LogP contribution in [0.25, 0.3) is 11.1 Å². The molecule has 1 aliphatic heterocycles. The van der Waals surface area contributed by atoms with E-state index in [2.05, 4.69) is 0 Å². The second kappa shape index (κ2) is 7.40. The first-order chi connectivity index (χ1) is 13.6. The zero-order valence-electron chi connectivity index (χ0n) is 15.2. The normalized spacial score (nSPS) is 13.0. The molecule has 0 atom stereocenters. The van der Waals surface area contributed by atoms with Gasteiger partial charge in [0, 0.05) is 5.56 Å². The third-order valence-corrected chi connectivity index (χ3v) is 5.53. The van der Waals surface area contributed by atoms with Crippen molar-refractivity contribution in [1.29, 1.82) is 0 Å². The van der Waals surface area contributed by atoms with E-state index in [9.17, 15) is 14.4 Å². The lowest BCUT2D eigenvalue weighted by atomic mass is 10.1. The molecule has 0 unspecified atom stereocenters. The van der Waals surface area contributed by atoms with Crippen LogP contribution < -0.4 is 0 Å². The van der Waals surface area contributed by atoms with E-state index in [0.29, 0.717) is 16.0 Å². The Morgan fingerprint density at radius 2 is 1.57 bits per heavy atom. The van der Waals surface area contributed by atoms with Gasteiger partial charge in [-0.05, 0) is 36.1 Å². The minimum absolute atomic E-state index is 0.0311.